The molecule has 0 aliphatic carbocycles. The summed E-state index contributed by atoms with van der Waals surface area (Å²) in [5.41, 5.74) is 0.138. The van der Waals surface area contributed by atoms with Crippen LogP contribution in [0.25, 0.3) is 0 Å². The molecule has 0 bridgehead atoms. The lowest BCUT2D eigenvalue weighted by Gasteiger charge is -2.45. The van der Waals surface area contributed by atoms with E-state index in [9.17, 15) is 0 Å². The van der Waals surface area contributed by atoms with Crippen LogP contribution in [0.4, 0.5) is 0 Å². The van der Waals surface area contributed by atoms with Crippen LogP contribution in [0.5, 0.6) is 0 Å². The van der Waals surface area contributed by atoms with E-state index in [4.69, 9.17) is 9.47 Å². The highest BCUT2D eigenvalue weighted by Gasteiger charge is 2.40. The third-order valence-electron chi connectivity index (χ3n) is 5.03. The van der Waals surface area contributed by atoms with Gasteiger partial charge >= 0.3 is 0 Å². The van der Waals surface area contributed by atoms with Crippen molar-refractivity contribution < 1.29 is 9.47 Å². The summed E-state index contributed by atoms with van der Waals surface area (Å²) < 4.78 is 11.7. The van der Waals surface area contributed by atoms with Gasteiger partial charge < -0.3 is 14.8 Å². The SMILES string of the molecule is CCCCC(NCCC)C1CCOC2(CCOCC2)C1. The molecule has 0 saturated carbocycles. The van der Waals surface area contributed by atoms with Crippen LogP contribution < -0.4 is 5.32 Å². The Labute approximate surface area is 124 Å². The van der Waals surface area contributed by atoms with E-state index >= 15 is 0 Å². The maximum Gasteiger partial charge on any atom is 0.0729 e. The molecule has 2 atom stereocenters. The molecule has 2 saturated heterocycles. The van der Waals surface area contributed by atoms with Gasteiger partial charge in [-0.25, -0.2) is 0 Å². The smallest absolute Gasteiger partial charge is 0.0729 e. The van der Waals surface area contributed by atoms with Crippen LogP contribution in [0.2, 0.25) is 0 Å². The Kier molecular flexibility index (Phi) is 6.79. The lowest BCUT2D eigenvalue weighted by atomic mass is 9.76. The lowest BCUT2D eigenvalue weighted by Crippen LogP contribution is -2.49. The van der Waals surface area contributed by atoms with Gasteiger partial charge in [0, 0.05) is 25.9 Å². The average molecular weight is 283 g/mol. The second-order valence-electron chi connectivity index (χ2n) is 6.60. The van der Waals surface area contributed by atoms with Crippen molar-refractivity contribution in [3.05, 3.63) is 0 Å². The molecule has 20 heavy (non-hydrogen) atoms. The van der Waals surface area contributed by atoms with E-state index in [-0.39, 0.29) is 5.60 Å². The van der Waals surface area contributed by atoms with Crippen LogP contribution in [0.3, 0.4) is 0 Å². The molecule has 0 aromatic carbocycles. The van der Waals surface area contributed by atoms with Crippen molar-refractivity contribution in [2.45, 2.75) is 76.9 Å². The molecule has 118 valence electrons. The summed E-state index contributed by atoms with van der Waals surface area (Å²) in [4.78, 5) is 0. The zero-order chi connectivity index (χ0) is 14.3. The monoisotopic (exact) mass is 283 g/mol. The number of unbranched alkanes of at least 4 members (excludes halogenated alkanes) is 1. The zero-order valence-corrected chi connectivity index (χ0v) is 13.5. The molecular formula is C17H33NO2. The van der Waals surface area contributed by atoms with Gasteiger partial charge in [0.15, 0.2) is 0 Å². The number of ether oxygens (including phenoxy) is 2. The van der Waals surface area contributed by atoms with Crippen LogP contribution in [0.15, 0.2) is 0 Å². The van der Waals surface area contributed by atoms with Crippen LogP contribution >= 0.6 is 0 Å². The largest absolute Gasteiger partial charge is 0.381 e. The third kappa shape index (κ3) is 4.44. The summed E-state index contributed by atoms with van der Waals surface area (Å²) in [7, 11) is 0. The standard InChI is InChI=1S/C17H33NO2/c1-3-5-6-16(18-10-4-2)15-7-11-20-17(14-15)8-12-19-13-9-17/h15-16,18H,3-14H2,1-2H3. The van der Waals surface area contributed by atoms with Gasteiger partial charge in [-0.1, -0.05) is 26.7 Å². The molecule has 2 aliphatic heterocycles. The maximum atomic E-state index is 6.19. The van der Waals surface area contributed by atoms with E-state index in [1.807, 2.05) is 0 Å². The van der Waals surface area contributed by atoms with E-state index < -0.39 is 0 Å². The number of nitrogens with one attached hydrogen (secondary N) is 1. The fourth-order valence-electron chi connectivity index (χ4n) is 3.76. The fraction of sp³-hybridized carbons (Fsp3) is 1.00. The van der Waals surface area contributed by atoms with E-state index in [1.54, 1.807) is 0 Å². The van der Waals surface area contributed by atoms with E-state index in [0.29, 0.717) is 6.04 Å². The number of hydrogen-bond acceptors (Lipinski definition) is 3. The summed E-state index contributed by atoms with van der Waals surface area (Å²) in [5, 5.41) is 3.81. The van der Waals surface area contributed by atoms with Crippen LogP contribution in [-0.2, 0) is 9.47 Å². The Morgan fingerprint density at radius 1 is 1.15 bits per heavy atom. The maximum absolute atomic E-state index is 6.19. The summed E-state index contributed by atoms with van der Waals surface area (Å²) in [5.74, 6) is 0.792. The first kappa shape index (κ1) is 16.3. The highest BCUT2D eigenvalue weighted by atomic mass is 16.5. The quantitative estimate of drug-likeness (QED) is 0.775. The molecule has 0 radical (unpaired) electrons. The molecule has 2 rings (SSSR count). The fourth-order valence-corrected chi connectivity index (χ4v) is 3.76. The molecule has 2 aliphatic rings. The van der Waals surface area contributed by atoms with Gasteiger partial charge in [0.25, 0.3) is 0 Å². The van der Waals surface area contributed by atoms with Gasteiger partial charge in [-0.05, 0) is 51.0 Å². The normalized spacial score (nSPS) is 27.6. The summed E-state index contributed by atoms with van der Waals surface area (Å²) >= 11 is 0. The summed E-state index contributed by atoms with van der Waals surface area (Å²) in [6, 6.07) is 0.693. The molecular weight excluding hydrogens is 250 g/mol. The highest BCUT2D eigenvalue weighted by Crippen LogP contribution is 2.39. The minimum absolute atomic E-state index is 0.138. The number of rotatable bonds is 7. The van der Waals surface area contributed by atoms with Gasteiger partial charge in [-0.15, -0.1) is 0 Å². The Bertz CT molecular complexity index is 250. The Morgan fingerprint density at radius 2 is 1.95 bits per heavy atom. The molecule has 2 heterocycles. The minimum atomic E-state index is 0.138. The molecule has 2 unspecified atom stereocenters. The third-order valence-corrected chi connectivity index (χ3v) is 5.03. The second kappa shape index (κ2) is 8.35. The molecule has 2 fully saturated rings. The van der Waals surface area contributed by atoms with Crippen molar-refractivity contribution in [2.24, 2.45) is 5.92 Å². The molecule has 0 aromatic heterocycles. The topological polar surface area (TPSA) is 30.5 Å². The second-order valence-corrected chi connectivity index (χ2v) is 6.60. The first-order valence-electron chi connectivity index (χ1n) is 8.75. The molecule has 3 heteroatoms. The Morgan fingerprint density at radius 3 is 2.65 bits per heavy atom. The molecule has 1 N–H and O–H groups in total. The van der Waals surface area contributed by atoms with Crippen molar-refractivity contribution in [1.29, 1.82) is 0 Å². The van der Waals surface area contributed by atoms with Gasteiger partial charge in [0.2, 0.25) is 0 Å². The summed E-state index contributed by atoms with van der Waals surface area (Å²) in [6.07, 6.45) is 9.85. The van der Waals surface area contributed by atoms with Crippen molar-refractivity contribution >= 4 is 0 Å². The predicted molar refractivity (Wildman–Crippen MR) is 83.1 cm³/mol. The molecule has 0 aromatic rings. The highest BCUT2D eigenvalue weighted by molar-refractivity contribution is 4.92. The zero-order valence-electron chi connectivity index (χ0n) is 13.5. The number of hydrogen-bond donors (Lipinski definition) is 1. The van der Waals surface area contributed by atoms with Gasteiger partial charge in [-0.2, -0.15) is 0 Å². The average Bonchev–Trinajstić information content (AvgIpc) is 2.48. The van der Waals surface area contributed by atoms with Crippen molar-refractivity contribution in [3.8, 4) is 0 Å². The van der Waals surface area contributed by atoms with Gasteiger partial charge in [0.1, 0.15) is 0 Å². The molecule has 0 amide bonds. The Hall–Kier alpha value is -0.120. The van der Waals surface area contributed by atoms with Gasteiger partial charge in [-0.3, -0.25) is 0 Å². The minimum Gasteiger partial charge on any atom is -0.381 e. The lowest BCUT2D eigenvalue weighted by molar-refractivity contribution is -0.150. The summed E-state index contributed by atoms with van der Waals surface area (Å²) in [6.45, 7) is 8.42. The van der Waals surface area contributed by atoms with Crippen LogP contribution in [0, 0.1) is 5.92 Å². The van der Waals surface area contributed by atoms with E-state index in [1.165, 1.54) is 38.5 Å². The van der Waals surface area contributed by atoms with Crippen molar-refractivity contribution in [2.75, 3.05) is 26.4 Å². The van der Waals surface area contributed by atoms with Crippen LogP contribution in [0.1, 0.15) is 65.2 Å². The molecule has 3 nitrogen and oxygen atoms in total. The van der Waals surface area contributed by atoms with Crippen molar-refractivity contribution in [1.82, 2.24) is 5.32 Å². The first-order chi connectivity index (χ1) is 9.79. The predicted octanol–water partition coefficient (Wildman–Crippen LogP) is 3.52. The Balaban J connectivity index is 1.92. The first-order valence-corrected chi connectivity index (χ1v) is 8.75. The van der Waals surface area contributed by atoms with E-state index in [2.05, 4.69) is 19.2 Å². The van der Waals surface area contributed by atoms with Crippen LogP contribution in [-0.4, -0.2) is 38.0 Å². The molecule has 1 spiro atoms. The van der Waals surface area contributed by atoms with E-state index in [0.717, 1.165) is 45.1 Å². The van der Waals surface area contributed by atoms with Crippen molar-refractivity contribution in [3.63, 3.8) is 0 Å². The van der Waals surface area contributed by atoms with Gasteiger partial charge in [0.05, 0.1) is 5.60 Å².